The molecule has 4 heterocycles. The molecule has 108 valence electrons. The Labute approximate surface area is 127 Å². The van der Waals surface area contributed by atoms with Crippen molar-refractivity contribution in [1.29, 1.82) is 0 Å². The van der Waals surface area contributed by atoms with E-state index in [-0.39, 0.29) is 5.91 Å². The molecule has 1 amide bonds. The Balaban J connectivity index is 1.42. The third-order valence-corrected chi connectivity index (χ3v) is 5.00. The van der Waals surface area contributed by atoms with Crippen LogP contribution < -0.4 is 0 Å². The summed E-state index contributed by atoms with van der Waals surface area (Å²) in [4.78, 5) is 25.3. The monoisotopic (exact) mass is 300 g/mol. The van der Waals surface area contributed by atoms with Crippen LogP contribution in [0.4, 0.5) is 0 Å². The summed E-state index contributed by atoms with van der Waals surface area (Å²) < 4.78 is 0. The first kappa shape index (κ1) is 12.9. The summed E-state index contributed by atoms with van der Waals surface area (Å²) in [6.07, 6.45) is 3.74. The summed E-state index contributed by atoms with van der Waals surface area (Å²) in [5, 5.41) is 3.30. The highest BCUT2D eigenvalue weighted by molar-refractivity contribution is 8.16. The molecule has 0 bridgehead atoms. The van der Waals surface area contributed by atoms with Crippen LogP contribution in [0, 0.1) is 0 Å². The molecule has 0 radical (unpaired) electrons. The number of fused-ring (bicyclic) bond motifs is 2. The fourth-order valence-electron chi connectivity index (χ4n) is 2.94. The molecule has 0 saturated carbocycles. The number of hydrogen-bond acceptors (Lipinski definition) is 5. The van der Waals surface area contributed by atoms with E-state index in [1.165, 1.54) is 5.70 Å². The second-order valence-electron chi connectivity index (χ2n) is 5.37. The summed E-state index contributed by atoms with van der Waals surface area (Å²) in [7, 11) is 0. The van der Waals surface area contributed by atoms with Gasteiger partial charge in [-0.1, -0.05) is 11.8 Å². The van der Waals surface area contributed by atoms with Crippen molar-refractivity contribution in [3.63, 3.8) is 0 Å². The maximum absolute atomic E-state index is 12.3. The van der Waals surface area contributed by atoms with E-state index in [4.69, 9.17) is 0 Å². The molecule has 0 spiro atoms. The van der Waals surface area contributed by atoms with Crippen LogP contribution in [0.3, 0.4) is 0 Å². The molecule has 1 aromatic rings. The molecule has 0 aliphatic carbocycles. The lowest BCUT2D eigenvalue weighted by Crippen LogP contribution is -2.32. The molecule has 3 aliphatic heterocycles. The number of carbonyl (C=O) groups is 1. The molecular formula is C15H16N4OS. The van der Waals surface area contributed by atoms with Gasteiger partial charge in [0.2, 0.25) is 0 Å². The van der Waals surface area contributed by atoms with Crippen molar-refractivity contribution in [3.8, 4) is 0 Å². The second kappa shape index (κ2) is 5.18. The molecule has 0 aromatic carbocycles. The quantitative estimate of drug-likeness (QED) is 0.857. The van der Waals surface area contributed by atoms with Gasteiger partial charge in [-0.25, -0.2) is 0 Å². The molecular weight excluding hydrogens is 284 g/mol. The number of hydrogen-bond donors (Lipinski definition) is 0. The lowest BCUT2D eigenvalue weighted by molar-refractivity contribution is 0.0778. The SMILES string of the molecule is O=C1c2cccnc2CN1CCC1=CSC2=NCCCN12. The summed E-state index contributed by atoms with van der Waals surface area (Å²) in [5.41, 5.74) is 2.94. The third-order valence-electron chi connectivity index (χ3n) is 4.05. The number of aliphatic imine (C=N–C) groups is 1. The average molecular weight is 300 g/mol. The Morgan fingerprint density at radius 3 is 3.24 bits per heavy atom. The maximum atomic E-state index is 12.3. The van der Waals surface area contributed by atoms with Crippen LogP contribution in [-0.4, -0.2) is 45.5 Å². The summed E-state index contributed by atoms with van der Waals surface area (Å²) in [6.45, 7) is 3.36. The van der Waals surface area contributed by atoms with Crippen LogP contribution in [-0.2, 0) is 6.54 Å². The van der Waals surface area contributed by atoms with Crippen LogP contribution in [0.15, 0.2) is 34.4 Å². The highest BCUT2D eigenvalue weighted by atomic mass is 32.2. The van der Waals surface area contributed by atoms with E-state index in [9.17, 15) is 4.79 Å². The van der Waals surface area contributed by atoms with Crippen molar-refractivity contribution in [2.75, 3.05) is 19.6 Å². The van der Waals surface area contributed by atoms with Crippen molar-refractivity contribution in [3.05, 3.63) is 40.7 Å². The molecule has 0 saturated heterocycles. The van der Waals surface area contributed by atoms with Gasteiger partial charge < -0.3 is 9.80 Å². The largest absolute Gasteiger partial charge is 0.332 e. The molecule has 4 rings (SSSR count). The predicted molar refractivity (Wildman–Crippen MR) is 82.9 cm³/mol. The summed E-state index contributed by atoms with van der Waals surface area (Å²) in [5.74, 6) is 0.108. The van der Waals surface area contributed by atoms with Gasteiger partial charge in [0.05, 0.1) is 17.8 Å². The summed E-state index contributed by atoms with van der Waals surface area (Å²) >= 11 is 1.70. The number of aromatic nitrogens is 1. The number of carbonyl (C=O) groups excluding carboxylic acids is 1. The summed E-state index contributed by atoms with van der Waals surface area (Å²) in [6, 6.07) is 3.69. The fourth-order valence-corrected chi connectivity index (χ4v) is 3.93. The lowest BCUT2D eigenvalue weighted by atomic mass is 10.2. The molecule has 0 fully saturated rings. The minimum absolute atomic E-state index is 0.108. The Morgan fingerprint density at radius 1 is 1.38 bits per heavy atom. The number of rotatable bonds is 3. The van der Waals surface area contributed by atoms with Crippen LogP contribution in [0.5, 0.6) is 0 Å². The van der Waals surface area contributed by atoms with Gasteiger partial charge in [0, 0.05) is 37.9 Å². The predicted octanol–water partition coefficient (Wildman–Crippen LogP) is 2.08. The maximum Gasteiger partial charge on any atom is 0.256 e. The van der Waals surface area contributed by atoms with Gasteiger partial charge in [-0.15, -0.1) is 0 Å². The molecule has 0 N–H and O–H groups in total. The number of amides is 1. The lowest BCUT2D eigenvalue weighted by Gasteiger charge is -2.26. The molecule has 0 atom stereocenters. The van der Waals surface area contributed by atoms with Gasteiger partial charge in [-0.3, -0.25) is 14.8 Å². The average Bonchev–Trinajstić information content (AvgIpc) is 3.07. The standard InChI is InChI=1S/C15H16N4OS/c20-14-12-3-1-5-16-13(12)9-18(14)8-4-11-10-21-15-17-6-2-7-19(11)15/h1,3,5,10H,2,4,6-9H2. The Morgan fingerprint density at radius 2 is 2.33 bits per heavy atom. The van der Waals surface area contributed by atoms with Gasteiger partial charge in [0.1, 0.15) is 0 Å². The Bertz CT molecular complexity index is 655. The minimum Gasteiger partial charge on any atom is -0.332 e. The molecule has 0 unspecified atom stereocenters. The van der Waals surface area contributed by atoms with E-state index >= 15 is 0 Å². The van der Waals surface area contributed by atoms with Crippen LogP contribution >= 0.6 is 11.8 Å². The number of amidine groups is 1. The fraction of sp³-hybridized carbons (Fsp3) is 0.400. The van der Waals surface area contributed by atoms with Crippen molar-refractivity contribution < 1.29 is 4.79 Å². The van der Waals surface area contributed by atoms with E-state index < -0.39 is 0 Å². The van der Waals surface area contributed by atoms with Gasteiger partial charge in [0.25, 0.3) is 5.91 Å². The topological polar surface area (TPSA) is 48.8 Å². The minimum atomic E-state index is 0.108. The third kappa shape index (κ3) is 2.23. The molecule has 5 nitrogen and oxygen atoms in total. The van der Waals surface area contributed by atoms with Crippen molar-refractivity contribution in [2.45, 2.75) is 19.4 Å². The van der Waals surface area contributed by atoms with E-state index in [0.717, 1.165) is 48.9 Å². The van der Waals surface area contributed by atoms with Gasteiger partial charge in [-0.05, 0) is 24.0 Å². The zero-order chi connectivity index (χ0) is 14.2. The van der Waals surface area contributed by atoms with Gasteiger partial charge in [0.15, 0.2) is 5.17 Å². The van der Waals surface area contributed by atoms with Crippen molar-refractivity contribution in [1.82, 2.24) is 14.8 Å². The molecule has 3 aliphatic rings. The highest BCUT2D eigenvalue weighted by Crippen LogP contribution is 2.31. The van der Waals surface area contributed by atoms with Crippen LogP contribution in [0.1, 0.15) is 28.9 Å². The van der Waals surface area contributed by atoms with Crippen molar-refractivity contribution >= 4 is 22.8 Å². The Hall–Kier alpha value is -1.82. The Kier molecular flexibility index (Phi) is 3.18. The number of nitrogens with zero attached hydrogens (tertiary/aromatic N) is 4. The van der Waals surface area contributed by atoms with E-state index in [0.29, 0.717) is 6.54 Å². The van der Waals surface area contributed by atoms with Crippen molar-refractivity contribution in [2.24, 2.45) is 4.99 Å². The zero-order valence-electron chi connectivity index (χ0n) is 11.7. The molecule has 6 heteroatoms. The smallest absolute Gasteiger partial charge is 0.256 e. The highest BCUT2D eigenvalue weighted by Gasteiger charge is 2.30. The molecule has 1 aromatic heterocycles. The van der Waals surface area contributed by atoms with E-state index in [1.807, 2.05) is 17.0 Å². The van der Waals surface area contributed by atoms with Gasteiger partial charge in [-0.2, -0.15) is 0 Å². The van der Waals surface area contributed by atoms with Gasteiger partial charge >= 0.3 is 0 Å². The van der Waals surface area contributed by atoms with Crippen LogP contribution in [0.25, 0.3) is 0 Å². The normalized spacial score (nSPS) is 20.3. The number of pyridine rings is 1. The first-order chi connectivity index (χ1) is 10.3. The first-order valence-corrected chi connectivity index (χ1v) is 8.12. The van der Waals surface area contributed by atoms with E-state index in [2.05, 4.69) is 20.3 Å². The zero-order valence-corrected chi connectivity index (χ0v) is 12.5. The second-order valence-corrected chi connectivity index (χ2v) is 6.21. The molecule has 21 heavy (non-hydrogen) atoms. The van der Waals surface area contributed by atoms with E-state index in [1.54, 1.807) is 18.0 Å². The van der Waals surface area contributed by atoms with Crippen LogP contribution in [0.2, 0.25) is 0 Å². The first-order valence-electron chi connectivity index (χ1n) is 7.24. The number of thioether (sulfide) groups is 1.